The van der Waals surface area contributed by atoms with Crippen molar-refractivity contribution in [2.45, 2.75) is 64.5 Å². The predicted molar refractivity (Wildman–Crippen MR) is 115 cm³/mol. The number of rotatable bonds is 4. The molecule has 7 heteroatoms. The van der Waals surface area contributed by atoms with Crippen molar-refractivity contribution >= 4 is 35.0 Å². The molecule has 1 saturated carbocycles. The molecule has 2 fully saturated rings. The summed E-state index contributed by atoms with van der Waals surface area (Å²) in [5.41, 5.74) is -0.345. The number of hydrogen-bond donors (Lipinski definition) is 1. The number of likely N-dealkylation sites (tertiary alicyclic amines) is 1. The second-order valence-corrected chi connectivity index (χ2v) is 10.0. The maximum atomic E-state index is 13.1. The SMILES string of the molecule is CC(C)(C)NC(=O)C1CC2CCCCC2CN1C(=O)COc1ccc(Cl)cc1Cl. The van der Waals surface area contributed by atoms with Crippen LogP contribution in [0.3, 0.4) is 0 Å². The molecule has 1 N–H and O–H groups in total. The van der Waals surface area contributed by atoms with Gasteiger partial charge in [0.2, 0.25) is 5.91 Å². The predicted octanol–water partition coefficient (Wildman–Crippen LogP) is 4.69. The number of piperidine rings is 1. The van der Waals surface area contributed by atoms with E-state index in [1.165, 1.54) is 12.8 Å². The van der Waals surface area contributed by atoms with Gasteiger partial charge in [-0.1, -0.05) is 42.5 Å². The molecule has 1 heterocycles. The first kappa shape index (κ1) is 22.2. The van der Waals surface area contributed by atoms with E-state index in [1.54, 1.807) is 23.1 Å². The summed E-state index contributed by atoms with van der Waals surface area (Å²) in [5.74, 6) is 1.11. The van der Waals surface area contributed by atoms with Gasteiger partial charge in [0.15, 0.2) is 6.61 Å². The van der Waals surface area contributed by atoms with Gasteiger partial charge >= 0.3 is 0 Å². The molecule has 29 heavy (non-hydrogen) atoms. The van der Waals surface area contributed by atoms with Crippen LogP contribution >= 0.6 is 23.2 Å². The molecule has 2 aliphatic rings. The molecular weight excluding hydrogens is 411 g/mol. The van der Waals surface area contributed by atoms with Crippen LogP contribution < -0.4 is 10.1 Å². The molecule has 1 saturated heterocycles. The van der Waals surface area contributed by atoms with Gasteiger partial charge < -0.3 is 15.0 Å². The third kappa shape index (κ3) is 5.79. The fourth-order valence-corrected chi connectivity index (χ4v) is 4.88. The van der Waals surface area contributed by atoms with Crippen molar-refractivity contribution in [3.8, 4) is 5.75 Å². The Balaban J connectivity index is 1.72. The molecule has 0 bridgehead atoms. The highest BCUT2D eigenvalue weighted by molar-refractivity contribution is 6.35. The van der Waals surface area contributed by atoms with Gasteiger partial charge in [-0.3, -0.25) is 9.59 Å². The van der Waals surface area contributed by atoms with Crippen molar-refractivity contribution in [1.82, 2.24) is 10.2 Å². The Morgan fingerprint density at radius 2 is 1.86 bits per heavy atom. The molecule has 3 rings (SSSR count). The molecule has 0 aromatic heterocycles. The Hall–Kier alpha value is -1.46. The fraction of sp³-hybridized carbons (Fsp3) is 0.636. The minimum Gasteiger partial charge on any atom is -0.482 e. The van der Waals surface area contributed by atoms with Gasteiger partial charge in [0.1, 0.15) is 11.8 Å². The van der Waals surface area contributed by atoms with Crippen LogP contribution in [0.4, 0.5) is 0 Å². The molecule has 1 aliphatic carbocycles. The van der Waals surface area contributed by atoms with Gasteiger partial charge in [-0.25, -0.2) is 0 Å². The van der Waals surface area contributed by atoms with Crippen LogP contribution in [0.15, 0.2) is 18.2 Å². The monoisotopic (exact) mass is 440 g/mol. The average Bonchev–Trinajstić information content (AvgIpc) is 2.64. The Kier molecular flexibility index (Phi) is 7.00. The Labute approximate surface area is 183 Å². The minimum atomic E-state index is -0.453. The zero-order valence-corrected chi connectivity index (χ0v) is 18.9. The molecule has 0 spiro atoms. The van der Waals surface area contributed by atoms with Gasteiger partial charge in [0.05, 0.1) is 5.02 Å². The van der Waals surface area contributed by atoms with Gasteiger partial charge in [-0.15, -0.1) is 0 Å². The highest BCUT2D eigenvalue weighted by Gasteiger charge is 2.42. The number of amides is 2. The number of carbonyl (C=O) groups excluding carboxylic acids is 2. The largest absolute Gasteiger partial charge is 0.482 e. The lowest BCUT2D eigenvalue weighted by atomic mass is 9.72. The van der Waals surface area contributed by atoms with E-state index >= 15 is 0 Å². The molecule has 3 atom stereocenters. The van der Waals surface area contributed by atoms with Crippen LogP contribution in [0.2, 0.25) is 10.0 Å². The standard InChI is InChI=1S/C22H30Cl2N2O3/c1-22(2,3)25-21(28)18-10-14-6-4-5-7-15(14)12-26(18)20(27)13-29-19-9-8-16(23)11-17(19)24/h8-9,11,14-15,18H,4-7,10,12-13H2,1-3H3,(H,25,28). The van der Waals surface area contributed by atoms with Gasteiger partial charge in [-0.05, 0) is 63.6 Å². The zero-order valence-electron chi connectivity index (χ0n) is 17.3. The topological polar surface area (TPSA) is 58.6 Å². The van der Waals surface area contributed by atoms with Crippen LogP contribution in [0.5, 0.6) is 5.75 Å². The Bertz CT molecular complexity index is 763. The van der Waals surface area contributed by atoms with E-state index in [9.17, 15) is 9.59 Å². The summed E-state index contributed by atoms with van der Waals surface area (Å²) in [5, 5.41) is 3.91. The lowest BCUT2D eigenvalue weighted by Crippen LogP contribution is -2.59. The highest BCUT2D eigenvalue weighted by atomic mass is 35.5. The number of hydrogen-bond acceptors (Lipinski definition) is 3. The first-order valence-electron chi connectivity index (χ1n) is 10.3. The maximum absolute atomic E-state index is 13.1. The Morgan fingerprint density at radius 3 is 2.52 bits per heavy atom. The van der Waals surface area contributed by atoms with E-state index in [2.05, 4.69) is 5.32 Å². The third-order valence-electron chi connectivity index (χ3n) is 5.77. The van der Waals surface area contributed by atoms with Gasteiger partial charge in [0, 0.05) is 17.1 Å². The summed E-state index contributed by atoms with van der Waals surface area (Å²) in [6.45, 7) is 6.32. The molecule has 5 nitrogen and oxygen atoms in total. The van der Waals surface area contributed by atoms with Crippen molar-refractivity contribution < 1.29 is 14.3 Å². The molecule has 2 amide bonds. The minimum absolute atomic E-state index is 0.0839. The van der Waals surface area contributed by atoms with E-state index in [1.807, 2.05) is 20.8 Å². The first-order chi connectivity index (χ1) is 13.6. The maximum Gasteiger partial charge on any atom is 0.261 e. The summed E-state index contributed by atoms with van der Waals surface area (Å²) in [6.07, 6.45) is 5.38. The summed E-state index contributed by atoms with van der Waals surface area (Å²) >= 11 is 12.1. The van der Waals surface area contributed by atoms with E-state index < -0.39 is 6.04 Å². The van der Waals surface area contributed by atoms with Crippen LogP contribution in [0.1, 0.15) is 52.9 Å². The molecule has 160 valence electrons. The van der Waals surface area contributed by atoms with Crippen molar-refractivity contribution in [2.24, 2.45) is 11.8 Å². The number of nitrogens with zero attached hydrogens (tertiary/aromatic N) is 1. The van der Waals surface area contributed by atoms with Crippen molar-refractivity contribution in [3.63, 3.8) is 0 Å². The van der Waals surface area contributed by atoms with Crippen molar-refractivity contribution in [3.05, 3.63) is 28.2 Å². The van der Waals surface area contributed by atoms with Crippen molar-refractivity contribution in [2.75, 3.05) is 13.2 Å². The van der Waals surface area contributed by atoms with E-state index in [4.69, 9.17) is 27.9 Å². The lowest BCUT2D eigenvalue weighted by Gasteiger charge is -2.46. The van der Waals surface area contributed by atoms with E-state index in [0.717, 1.165) is 19.3 Å². The number of carbonyl (C=O) groups is 2. The normalized spacial score (nSPS) is 24.6. The Morgan fingerprint density at radius 1 is 1.17 bits per heavy atom. The molecular formula is C22H30Cl2N2O3. The average molecular weight is 441 g/mol. The molecule has 1 aromatic rings. The van der Waals surface area contributed by atoms with Gasteiger partial charge in [-0.2, -0.15) is 0 Å². The second-order valence-electron chi connectivity index (χ2n) is 9.20. The van der Waals surface area contributed by atoms with E-state index in [-0.39, 0.29) is 24.0 Å². The second kappa shape index (κ2) is 9.13. The van der Waals surface area contributed by atoms with Gasteiger partial charge in [0.25, 0.3) is 5.91 Å². The van der Waals surface area contributed by atoms with Crippen LogP contribution in [-0.2, 0) is 9.59 Å². The van der Waals surface area contributed by atoms with Crippen LogP contribution in [0.25, 0.3) is 0 Å². The highest BCUT2D eigenvalue weighted by Crippen LogP contribution is 2.39. The van der Waals surface area contributed by atoms with Crippen molar-refractivity contribution in [1.29, 1.82) is 0 Å². The third-order valence-corrected chi connectivity index (χ3v) is 6.30. The number of fused-ring (bicyclic) bond motifs is 1. The molecule has 0 radical (unpaired) electrons. The number of halogens is 2. The lowest BCUT2D eigenvalue weighted by molar-refractivity contribution is -0.148. The molecule has 1 aromatic carbocycles. The van der Waals surface area contributed by atoms with Crippen LogP contribution in [-0.4, -0.2) is 41.4 Å². The van der Waals surface area contributed by atoms with Crippen LogP contribution in [0, 0.1) is 11.8 Å². The zero-order chi connectivity index (χ0) is 21.2. The summed E-state index contributed by atoms with van der Waals surface area (Å²) in [7, 11) is 0. The summed E-state index contributed by atoms with van der Waals surface area (Å²) in [6, 6.07) is 4.44. The summed E-state index contributed by atoms with van der Waals surface area (Å²) in [4.78, 5) is 27.8. The first-order valence-corrected chi connectivity index (χ1v) is 11.1. The summed E-state index contributed by atoms with van der Waals surface area (Å²) < 4.78 is 5.66. The molecule has 1 aliphatic heterocycles. The molecule has 3 unspecified atom stereocenters. The van der Waals surface area contributed by atoms with E-state index in [0.29, 0.717) is 34.2 Å². The smallest absolute Gasteiger partial charge is 0.261 e. The fourth-order valence-electron chi connectivity index (χ4n) is 4.42. The number of benzene rings is 1. The number of nitrogens with one attached hydrogen (secondary N) is 1. The quantitative estimate of drug-likeness (QED) is 0.737. The number of ether oxygens (including phenoxy) is 1.